The number of amides is 2. The maximum atomic E-state index is 12.4. The van der Waals surface area contributed by atoms with Crippen LogP contribution in [0.1, 0.15) is 40.6 Å². The van der Waals surface area contributed by atoms with E-state index < -0.39 is 5.91 Å². The van der Waals surface area contributed by atoms with Crippen LogP contribution in [0.2, 0.25) is 0 Å². The fraction of sp³-hybridized carbons (Fsp3) is 0.278. The third kappa shape index (κ3) is 4.06. The van der Waals surface area contributed by atoms with Crippen LogP contribution in [-0.2, 0) is 0 Å². The van der Waals surface area contributed by atoms with Gasteiger partial charge in [-0.3, -0.25) is 14.6 Å². The lowest BCUT2D eigenvalue weighted by Gasteiger charge is -2.08. The van der Waals surface area contributed by atoms with Gasteiger partial charge in [-0.05, 0) is 30.7 Å². The van der Waals surface area contributed by atoms with Crippen LogP contribution >= 0.6 is 0 Å². The number of anilines is 1. The van der Waals surface area contributed by atoms with E-state index in [9.17, 15) is 9.59 Å². The largest absolute Gasteiger partial charge is 0.454 e. The molecule has 1 aromatic carbocycles. The Morgan fingerprint density at radius 3 is 2.80 bits per heavy atom. The van der Waals surface area contributed by atoms with E-state index in [0.29, 0.717) is 29.3 Å². The minimum absolute atomic E-state index is 0.167. The first-order valence-electron chi connectivity index (χ1n) is 8.12. The number of rotatable bonds is 6. The van der Waals surface area contributed by atoms with Gasteiger partial charge in [-0.1, -0.05) is 13.3 Å². The number of pyridine rings is 1. The van der Waals surface area contributed by atoms with Gasteiger partial charge < -0.3 is 20.1 Å². The summed E-state index contributed by atoms with van der Waals surface area (Å²) in [5.74, 6) is 0.603. The monoisotopic (exact) mass is 341 g/mol. The Morgan fingerprint density at radius 2 is 1.96 bits per heavy atom. The summed E-state index contributed by atoms with van der Waals surface area (Å²) in [6, 6.07) is 8.18. The molecule has 0 fully saturated rings. The van der Waals surface area contributed by atoms with Gasteiger partial charge in [0.15, 0.2) is 11.5 Å². The molecule has 130 valence electrons. The molecule has 2 amide bonds. The van der Waals surface area contributed by atoms with E-state index >= 15 is 0 Å². The number of unbranched alkanes of at least 4 members (excludes halogenated alkanes) is 1. The number of carbonyl (C=O) groups is 2. The van der Waals surface area contributed by atoms with Gasteiger partial charge in [0.05, 0.1) is 0 Å². The topological polar surface area (TPSA) is 89.6 Å². The quantitative estimate of drug-likeness (QED) is 0.788. The molecule has 25 heavy (non-hydrogen) atoms. The molecule has 7 heteroatoms. The fourth-order valence-corrected chi connectivity index (χ4v) is 2.35. The molecular formula is C18H19N3O4. The van der Waals surface area contributed by atoms with Gasteiger partial charge in [0.2, 0.25) is 6.79 Å². The van der Waals surface area contributed by atoms with Gasteiger partial charge in [0.1, 0.15) is 5.69 Å². The molecule has 0 spiro atoms. The number of nitrogens with one attached hydrogen (secondary N) is 2. The van der Waals surface area contributed by atoms with Crippen LogP contribution in [0.5, 0.6) is 11.5 Å². The molecule has 0 atom stereocenters. The van der Waals surface area contributed by atoms with Crippen LogP contribution in [0.3, 0.4) is 0 Å². The fourth-order valence-electron chi connectivity index (χ4n) is 2.35. The summed E-state index contributed by atoms with van der Waals surface area (Å²) in [4.78, 5) is 28.5. The molecule has 2 aromatic rings. The van der Waals surface area contributed by atoms with Crippen LogP contribution in [-0.4, -0.2) is 30.1 Å². The van der Waals surface area contributed by atoms with Crippen LogP contribution < -0.4 is 20.1 Å². The molecule has 2 heterocycles. The highest BCUT2D eigenvalue weighted by Crippen LogP contribution is 2.34. The second-order valence-electron chi connectivity index (χ2n) is 5.56. The molecule has 7 nitrogen and oxygen atoms in total. The zero-order valence-electron chi connectivity index (χ0n) is 13.9. The van der Waals surface area contributed by atoms with E-state index in [1.54, 1.807) is 24.3 Å². The first-order chi connectivity index (χ1) is 12.2. The van der Waals surface area contributed by atoms with Crippen molar-refractivity contribution in [1.82, 2.24) is 10.3 Å². The van der Waals surface area contributed by atoms with Crippen molar-refractivity contribution in [2.24, 2.45) is 0 Å². The number of carbonyl (C=O) groups excluding carboxylic acids is 2. The first-order valence-corrected chi connectivity index (χ1v) is 8.12. The number of aromatic nitrogens is 1. The Balaban J connectivity index is 1.68. The second kappa shape index (κ2) is 7.65. The van der Waals surface area contributed by atoms with Gasteiger partial charge in [-0.15, -0.1) is 0 Å². The van der Waals surface area contributed by atoms with Crippen molar-refractivity contribution in [3.8, 4) is 11.5 Å². The van der Waals surface area contributed by atoms with E-state index in [1.165, 1.54) is 12.3 Å². The molecule has 0 aliphatic carbocycles. The molecule has 0 saturated carbocycles. The van der Waals surface area contributed by atoms with Gasteiger partial charge in [-0.25, -0.2) is 0 Å². The van der Waals surface area contributed by atoms with Crippen LogP contribution in [0.25, 0.3) is 0 Å². The highest BCUT2D eigenvalue weighted by Gasteiger charge is 2.16. The van der Waals surface area contributed by atoms with E-state index in [1.807, 2.05) is 0 Å². The van der Waals surface area contributed by atoms with Gasteiger partial charge in [-0.2, -0.15) is 0 Å². The summed E-state index contributed by atoms with van der Waals surface area (Å²) >= 11 is 0. The lowest BCUT2D eigenvalue weighted by atomic mass is 10.2. The lowest BCUT2D eigenvalue weighted by Crippen LogP contribution is -2.25. The third-order valence-electron chi connectivity index (χ3n) is 3.70. The number of nitrogens with zero attached hydrogens (tertiary/aromatic N) is 1. The van der Waals surface area contributed by atoms with Crippen LogP contribution in [0.15, 0.2) is 36.5 Å². The average molecular weight is 341 g/mol. The molecule has 0 unspecified atom stereocenters. The maximum Gasteiger partial charge on any atom is 0.274 e. The lowest BCUT2D eigenvalue weighted by molar-refractivity contribution is 0.0953. The number of benzene rings is 1. The summed E-state index contributed by atoms with van der Waals surface area (Å²) in [5.41, 5.74) is 1.14. The number of hydrogen-bond donors (Lipinski definition) is 2. The Bertz CT molecular complexity index is 792. The van der Waals surface area contributed by atoms with Crippen LogP contribution in [0.4, 0.5) is 5.69 Å². The Kier molecular flexibility index (Phi) is 5.13. The van der Waals surface area contributed by atoms with Crippen molar-refractivity contribution in [3.63, 3.8) is 0 Å². The van der Waals surface area contributed by atoms with Crippen LogP contribution in [0, 0.1) is 0 Å². The molecule has 3 rings (SSSR count). The van der Waals surface area contributed by atoms with Crippen molar-refractivity contribution in [2.45, 2.75) is 19.8 Å². The molecule has 1 aliphatic heterocycles. The van der Waals surface area contributed by atoms with Gasteiger partial charge in [0, 0.05) is 30.1 Å². The summed E-state index contributed by atoms with van der Waals surface area (Å²) in [6.07, 6.45) is 3.36. The standard InChI is InChI=1S/C18H19N3O4/c1-2-3-7-20-17(22)12-6-8-19-14(9-12)18(23)21-13-4-5-15-16(10-13)25-11-24-15/h4-6,8-10H,2-3,7,11H2,1H3,(H,20,22)(H,21,23). The van der Waals surface area contributed by atoms with Crippen molar-refractivity contribution in [1.29, 1.82) is 0 Å². The summed E-state index contributed by atoms with van der Waals surface area (Å²) < 4.78 is 10.5. The van der Waals surface area contributed by atoms with E-state index in [-0.39, 0.29) is 18.4 Å². The van der Waals surface area contributed by atoms with Crippen molar-refractivity contribution < 1.29 is 19.1 Å². The molecule has 1 aromatic heterocycles. The number of ether oxygens (including phenoxy) is 2. The van der Waals surface area contributed by atoms with Gasteiger partial charge in [0.25, 0.3) is 11.8 Å². The Labute approximate surface area is 145 Å². The third-order valence-corrected chi connectivity index (χ3v) is 3.70. The molecule has 0 bridgehead atoms. The predicted octanol–water partition coefficient (Wildman–Crippen LogP) is 2.59. The second-order valence-corrected chi connectivity index (χ2v) is 5.56. The smallest absolute Gasteiger partial charge is 0.274 e. The Hall–Kier alpha value is -3.09. The average Bonchev–Trinajstić information content (AvgIpc) is 3.09. The minimum atomic E-state index is -0.401. The highest BCUT2D eigenvalue weighted by molar-refractivity contribution is 6.04. The molecular weight excluding hydrogens is 322 g/mol. The SMILES string of the molecule is CCCCNC(=O)c1ccnc(C(=O)Nc2ccc3c(c2)OCO3)c1. The zero-order chi connectivity index (χ0) is 17.6. The summed E-state index contributed by atoms with van der Waals surface area (Å²) in [6.45, 7) is 2.83. The predicted molar refractivity (Wildman–Crippen MR) is 92.0 cm³/mol. The van der Waals surface area contributed by atoms with E-state index in [2.05, 4.69) is 22.5 Å². The molecule has 0 radical (unpaired) electrons. The number of hydrogen-bond acceptors (Lipinski definition) is 5. The first kappa shape index (κ1) is 16.8. The normalized spacial score (nSPS) is 11.9. The van der Waals surface area contributed by atoms with E-state index in [4.69, 9.17) is 9.47 Å². The molecule has 2 N–H and O–H groups in total. The Morgan fingerprint density at radius 1 is 1.12 bits per heavy atom. The minimum Gasteiger partial charge on any atom is -0.454 e. The summed E-state index contributed by atoms with van der Waals surface area (Å²) in [7, 11) is 0. The highest BCUT2D eigenvalue weighted by atomic mass is 16.7. The van der Waals surface area contributed by atoms with Crippen molar-refractivity contribution >= 4 is 17.5 Å². The maximum absolute atomic E-state index is 12.4. The van der Waals surface area contributed by atoms with Crippen molar-refractivity contribution in [3.05, 3.63) is 47.8 Å². The zero-order valence-corrected chi connectivity index (χ0v) is 13.9. The number of fused-ring (bicyclic) bond motifs is 1. The molecule has 0 saturated heterocycles. The van der Waals surface area contributed by atoms with Crippen molar-refractivity contribution in [2.75, 3.05) is 18.7 Å². The van der Waals surface area contributed by atoms with E-state index in [0.717, 1.165) is 12.8 Å². The van der Waals surface area contributed by atoms with Gasteiger partial charge >= 0.3 is 0 Å². The molecule has 1 aliphatic rings. The summed E-state index contributed by atoms with van der Waals surface area (Å²) in [5, 5.41) is 5.55.